The highest BCUT2D eigenvalue weighted by molar-refractivity contribution is 8.23. The minimum atomic E-state index is -0.393. The minimum Gasteiger partial charge on any atom is -0.497 e. The van der Waals surface area contributed by atoms with Gasteiger partial charge < -0.3 is 15.0 Å². The molecule has 0 aliphatic carbocycles. The van der Waals surface area contributed by atoms with E-state index in [4.69, 9.17) is 17.0 Å². The summed E-state index contributed by atoms with van der Waals surface area (Å²) in [6.07, 6.45) is 2.32. The van der Waals surface area contributed by atoms with Gasteiger partial charge in [0.2, 0.25) is 5.91 Å². The summed E-state index contributed by atoms with van der Waals surface area (Å²) in [4.78, 5) is 15.2. The highest BCUT2D eigenvalue weighted by atomic mass is 32.2. The first kappa shape index (κ1) is 18.7. The van der Waals surface area contributed by atoms with Crippen molar-refractivity contribution in [2.75, 3.05) is 25.5 Å². The summed E-state index contributed by atoms with van der Waals surface area (Å²) in [6.45, 7) is 1.95. The van der Waals surface area contributed by atoms with E-state index in [1.54, 1.807) is 7.11 Å². The Morgan fingerprint density at radius 1 is 1.15 bits per heavy atom. The van der Waals surface area contributed by atoms with E-state index >= 15 is 0 Å². The number of carbonyl (C=O) groups is 1. The molecule has 1 fully saturated rings. The van der Waals surface area contributed by atoms with Crippen LogP contribution in [-0.4, -0.2) is 35.3 Å². The smallest absolute Gasteiger partial charge is 0.242 e. The normalized spacial score (nSPS) is 14.7. The van der Waals surface area contributed by atoms with Crippen LogP contribution >= 0.6 is 24.0 Å². The van der Waals surface area contributed by atoms with Gasteiger partial charge in [-0.05, 0) is 30.5 Å². The molecular weight excluding hydrogens is 364 g/mol. The molecule has 1 N–H and O–H groups in total. The number of benzene rings is 2. The summed E-state index contributed by atoms with van der Waals surface area (Å²) in [5.41, 5.74) is 1.66. The lowest BCUT2D eigenvalue weighted by Crippen LogP contribution is -2.27. The first-order chi connectivity index (χ1) is 12.7. The van der Waals surface area contributed by atoms with Gasteiger partial charge in [-0.2, -0.15) is 0 Å². The predicted molar refractivity (Wildman–Crippen MR) is 112 cm³/mol. The van der Waals surface area contributed by atoms with Gasteiger partial charge in [-0.15, -0.1) is 0 Å². The Hall–Kier alpha value is -2.05. The van der Waals surface area contributed by atoms with E-state index in [1.807, 2.05) is 54.6 Å². The lowest BCUT2D eigenvalue weighted by Gasteiger charge is -2.23. The van der Waals surface area contributed by atoms with Crippen LogP contribution in [0, 0.1) is 0 Å². The van der Waals surface area contributed by atoms with Crippen molar-refractivity contribution in [3.05, 3.63) is 60.2 Å². The van der Waals surface area contributed by atoms with Crippen LogP contribution < -0.4 is 10.1 Å². The molecule has 6 heteroatoms. The molecule has 2 aromatic carbocycles. The third kappa shape index (κ3) is 4.77. The van der Waals surface area contributed by atoms with Crippen LogP contribution in [0.3, 0.4) is 0 Å². The highest BCUT2D eigenvalue weighted by Gasteiger charge is 2.26. The Balaban J connectivity index is 1.77. The molecular formula is C20H22N2O2S2. The molecule has 26 heavy (non-hydrogen) atoms. The predicted octanol–water partition coefficient (Wildman–Crippen LogP) is 4.49. The summed E-state index contributed by atoms with van der Waals surface area (Å²) in [5, 5.41) is 2.60. The summed E-state index contributed by atoms with van der Waals surface area (Å²) in [5.74, 6) is 0.621. The van der Waals surface area contributed by atoms with Crippen LogP contribution in [0.5, 0.6) is 5.75 Å². The number of nitrogens with zero attached hydrogens (tertiary/aromatic N) is 1. The maximum Gasteiger partial charge on any atom is 0.242 e. The number of likely N-dealkylation sites (tertiary alicyclic amines) is 1. The number of anilines is 1. The molecule has 1 saturated heterocycles. The molecule has 0 saturated carbocycles. The Morgan fingerprint density at radius 2 is 1.88 bits per heavy atom. The van der Waals surface area contributed by atoms with Crippen LogP contribution in [0.1, 0.15) is 23.7 Å². The molecule has 136 valence electrons. The number of rotatable bonds is 5. The molecule has 1 unspecified atom stereocenters. The second kappa shape index (κ2) is 9.05. The Kier molecular flexibility index (Phi) is 6.52. The van der Waals surface area contributed by atoms with E-state index in [0.717, 1.165) is 35.8 Å². The van der Waals surface area contributed by atoms with E-state index in [2.05, 4.69) is 10.2 Å². The highest BCUT2D eigenvalue weighted by Crippen LogP contribution is 2.33. The molecule has 1 amide bonds. The van der Waals surface area contributed by atoms with E-state index in [9.17, 15) is 4.79 Å². The largest absolute Gasteiger partial charge is 0.497 e. The zero-order valence-corrected chi connectivity index (χ0v) is 16.3. The molecule has 1 aliphatic rings. The zero-order chi connectivity index (χ0) is 18.4. The van der Waals surface area contributed by atoms with Gasteiger partial charge in [0.25, 0.3) is 0 Å². The first-order valence-electron chi connectivity index (χ1n) is 8.63. The van der Waals surface area contributed by atoms with Gasteiger partial charge in [0.1, 0.15) is 15.3 Å². The van der Waals surface area contributed by atoms with Gasteiger partial charge in [-0.3, -0.25) is 4.79 Å². The monoisotopic (exact) mass is 386 g/mol. The van der Waals surface area contributed by atoms with Crippen LogP contribution in [0.15, 0.2) is 54.6 Å². The quantitative estimate of drug-likeness (QED) is 0.767. The number of amides is 1. The lowest BCUT2D eigenvalue weighted by molar-refractivity contribution is -0.115. The summed E-state index contributed by atoms with van der Waals surface area (Å²) in [7, 11) is 1.61. The van der Waals surface area contributed by atoms with Crippen molar-refractivity contribution in [3.63, 3.8) is 0 Å². The number of carbonyl (C=O) groups excluding carboxylic acids is 1. The molecule has 4 nitrogen and oxygen atoms in total. The molecule has 0 aromatic heterocycles. The van der Waals surface area contributed by atoms with E-state index in [0.29, 0.717) is 11.4 Å². The van der Waals surface area contributed by atoms with Gasteiger partial charge >= 0.3 is 0 Å². The number of hydrogen-bond donors (Lipinski definition) is 1. The maximum atomic E-state index is 13.0. The Bertz CT molecular complexity index is 761. The van der Waals surface area contributed by atoms with Crippen molar-refractivity contribution in [1.29, 1.82) is 0 Å². The maximum absolute atomic E-state index is 13.0. The second-order valence-corrected chi connectivity index (χ2v) is 7.83. The van der Waals surface area contributed by atoms with Gasteiger partial charge in [-0.1, -0.05) is 60.4 Å². The molecule has 3 rings (SSSR count). The summed E-state index contributed by atoms with van der Waals surface area (Å²) in [6, 6.07) is 17.1. The van der Waals surface area contributed by atoms with Crippen molar-refractivity contribution in [2.24, 2.45) is 0 Å². The fourth-order valence-electron chi connectivity index (χ4n) is 2.88. The topological polar surface area (TPSA) is 41.6 Å². The van der Waals surface area contributed by atoms with Gasteiger partial charge in [0.05, 0.1) is 7.11 Å². The number of hydrogen-bond acceptors (Lipinski definition) is 4. The number of ether oxygens (including phenoxy) is 1. The Labute approximate surface area is 163 Å². The summed E-state index contributed by atoms with van der Waals surface area (Å²) >= 11 is 7.05. The van der Waals surface area contributed by atoms with Crippen LogP contribution in [-0.2, 0) is 4.79 Å². The fourth-order valence-corrected chi connectivity index (χ4v) is 4.35. The number of thiocarbonyl (C=S) groups is 1. The molecule has 2 aromatic rings. The van der Waals surface area contributed by atoms with Crippen molar-refractivity contribution in [1.82, 2.24) is 4.90 Å². The molecule has 1 atom stereocenters. The van der Waals surface area contributed by atoms with Gasteiger partial charge in [-0.25, -0.2) is 0 Å². The number of thioether (sulfide) groups is 1. The van der Waals surface area contributed by atoms with Crippen molar-refractivity contribution in [2.45, 2.75) is 18.1 Å². The minimum absolute atomic E-state index is 0.0870. The molecule has 0 bridgehead atoms. The summed E-state index contributed by atoms with van der Waals surface area (Å²) < 4.78 is 6.02. The Morgan fingerprint density at radius 3 is 2.58 bits per heavy atom. The third-order valence-electron chi connectivity index (χ3n) is 4.26. The van der Waals surface area contributed by atoms with Crippen molar-refractivity contribution < 1.29 is 9.53 Å². The first-order valence-corrected chi connectivity index (χ1v) is 9.91. The molecule has 0 radical (unpaired) electrons. The van der Waals surface area contributed by atoms with Gasteiger partial charge in [0, 0.05) is 24.8 Å². The van der Waals surface area contributed by atoms with E-state index in [1.165, 1.54) is 11.8 Å². The number of methoxy groups -OCH3 is 1. The number of nitrogens with one attached hydrogen (secondary N) is 1. The average Bonchev–Trinajstić information content (AvgIpc) is 3.21. The van der Waals surface area contributed by atoms with Crippen LogP contribution in [0.4, 0.5) is 5.69 Å². The van der Waals surface area contributed by atoms with E-state index in [-0.39, 0.29) is 5.91 Å². The van der Waals surface area contributed by atoms with Crippen molar-refractivity contribution >= 4 is 39.9 Å². The standard InChI is InChI=1S/C20H22N2O2S2/c1-24-17-11-7-10-16(14-17)21-19(23)18(15-8-3-2-4-9-15)26-20(25)22-12-5-6-13-22/h2-4,7-11,14,18H,5-6,12-13H2,1H3,(H,21,23). The van der Waals surface area contributed by atoms with E-state index < -0.39 is 5.25 Å². The van der Waals surface area contributed by atoms with Crippen LogP contribution in [0.2, 0.25) is 0 Å². The van der Waals surface area contributed by atoms with Gasteiger partial charge in [0.15, 0.2) is 0 Å². The molecule has 0 spiro atoms. The van der Waals surface area contributed by atoms with Crippen LogP contribution in [0.25, 0.3) is 0 Å². The lowest BCUT2D eigenvalue weighted by atomic mass is 10.1. The zero-order valence-electron chi connectivity index (χ0n) is 14.7. The average molecular weight is 387 g/mol. The molecule has 1 aliphatic heterocycles. The SMILES string of the molecule is COc1cccc(NC(=O)C(SC(=S)N2CCCC2)c2ccccc2)c1. The fraction of sp³-hybridized carbons (Fsp3) is 0.300. The second-order valence-electron chi connectivity index (χ2n) is 6.09. The van der Waals surface area contributed by atoms with Crippen molar-refractivity contribution in [3.8, 4) is 5.75 Å². The third-order valence-corrected chi connectivity index (χ3v) is 5.99. The molecule has 1 heterocycles.